The maximum Gasteiger partial charge on any atom is 0.243 e. The highest BCUT2D eigenvalue weighted by molar-refractivity contribution is 7.71. The summed E-state index contributed by atoms with van der Waals surface area (Å²) >= 11 is 8.57. The number of aromatic amines is 1. The standard InChI is InChI=1S/C17H19N5OS3/c1-11(22-13(20-21-16(22)24)12-5-4-9-25-12)14(23)19-17(6-2-3-7-17)15-18-8-10-26-15/h4-5,8-11H,2-3,6-7H2,1H3,(H,19,23)(H,21,24). The van der Waals surface area contributed by atoms with E-state index in [1.165, 1.54) is 0 Å². The van der Waals surface area contributed by atoms with Crippen LogP contribution in [-0.4, -0.2) is 25.7 Å². The molecule has 4 rings (SSSR count). The Kier molecular flexibility index (Phi) is 4.76. The van der Waals surface area contributed by atoms with Crippen LogP contribution in [0.25, 0.3) is 10.7 Å². The molecular formula is C17H19N5OS3. The zero-order valence-electron chi connectivity index (χ0n) is 14.3. The quantitative estimate of drug-likeness (QED) is 0.622. The Morgan fingerprint density at radius 3 is 2.85 bits per heavy atom. The Bertz CT molecular complexity index is 936. The van der Waals surface area contributed by atoms with Crippen molar-refractivity contribution in [2.45, 2.75) is 44.2 Å². The largest absolute Gasteiger partial charge is 0.342 e. The van der Waals surface area contributed by atoms with Crippen molar-refractivity contribution in [2.24, 2.45) is 0 Å². The maximum absolute atomic E-state index is 13.1. The number of thiazole rings is 1. The SMILES string of the molecule is CC(C(=O)NC1(c2nccs2)CCCC1)n1c(-c2cccs2)n[nH]c1=S. The lowest BCUT2D eigenvalue weighted by Crippen LogP contribution is -2.46. The molecule has 1 unspecified atom stereocenters. The first-order chi connectivity index (χ1) is 12.6. The van der Waals surface area contributed by atoms with Gasteiger partial charge in [0.2, 0.25) is 5.91 Å². The summed E-state index contributed by atoms with van der Waals surface area (Å²) in [4.78, 5) is 18.6. The van der Waals surface area contributed by atoms with Gasteiger partial charge in [0.05, 0.1) is 10.4 Å². The van der Waals surface area contributed by atoms with Gasteiger partial charge in [-0.05, 0) is 43.4 Å². The minimum absolute atomic E-state index is 0.0580. The van der Waals surface area contributed by atoms with Crippen LogP contribution in [0.15, 0.2) is 29.1 Å². The molecule has 0 aliphatic heterocycles. The molecule has 0 spiro atoms. The van der Waals surface area contributed by atoms with Crippen molar-refractivity contribution in [3.63, 3.8) is 0 Å². The van der Waals surface area contributed by atoms with Crippen LogP contribution >= 0.6 is 34.9 Å². The van der Waals surface area contributed by atoms with Crippen LogP contribution < -0.4 is 5.32 Å². The summed E-state index contributed by atoms with van der Waals surface area (Å²) in [6.07, 6.45) is 5.84. The highest BCUT2D eigenvalue weighted by Gasteiger charge is 2.40. The number of nitrogens with zero attached hydrogens (tertiary/aromatic N) is 3. The lowest BCUT2D eigenvalue weighted by atomic mass is 9.98. The van der Waals surface area contributed by atoms with Crippen molar-refractivity contribution in [3.8, 4) is 10.7 Å². The monoisotopic (exact) mass is 405 g/mol. The van der Waals surface area contributed by atoms with Gasteiger partial charge < -0.3 is 5.32 Å². The fourth-order valence-corrected chi connectivity index (χ4v) is 5.39. The molecule has 0 saturated heterocycles. The highest BCUT2D eigenvalue weighted by Crippen LogP contribution is 2.40. The summed E-state index contributed by atoms with van der Waals surface area (Å²) in [5.74, 6) is 0.639. The Morgan fingerprint density at radius 2 is 2.19 bits per heavy atom. The number of H-pyrrole nitrogens is 1. The molecule has 6 nitrogen and oxygen atoms in total. The summed E-state index contributed by atoms with van der Waals surface area (Å²) < 4.78 is 2.24. The molecule has 1 saturated carbocycles. The number of amides is 1. The normalized spacial score (nSPS) is 17.3. The van der Waals surface area contributed by atoms with E-state index in [1.54, 1.807) is 33.4 Å². The van der Waals surface area contributed by atoms with Crippen LogP contribution in [0.1, 0.15) is 43.7 Å². The predicted octanol–water partition coefficient (Wildman–Crippen LogP) is 4.27. The number of hydrogen-bond donors (Lipinski definition) is 2. The highest BCUT2D eigenvalue weighted by atomic mass is 32.1. The third-order valence-electron chi connectivity index (χ3n) is 4.87. The molecule has 1 aliphatic rings. The number of thiophene rings is 1. The molecule has 26 heavy (non-hydrogen) atoms. The topological polar surface area (TPSA) is 75.6 Å². The smallest absolute Gasteiger partial charge is 0.243 e. The van der Waals surface area contributed by atoms with E-state index in [0.717, 1.165) is 35.6 Å². The number of nitrogens with one attached hydrogen (secondary N) is 2. The molecular weight excluding hydrogens is 386 g/mol. The maximum atomic E-state index is 13.1. The van der Waals surface area contributed by atoms with Gasteiger partial charge in [-0.15, -0.1) is 22.7 Å². The fourth-order valence-electron chi connectivity index (χ4n) is 3.53. The lowest BCUT2D eigenvalue weighted by molar-refractivity contribution is -0.126. The van der Waals surface area contributed by atoms with Crippen LogP contribution in [0.3, 0.4) is 0 Å². The average molecular weight is 406 g/mol. The zero-order chi connectivity index (χ0) is 18.1. The first kappa shape index (κ1) is 17.6. The van der Waals surface area contributed by atoms with Crippen LogP contribution in [0, 0.1) is 4.77 Å². The average Bonchev–Trinajstić information content (AvgIpc) is 3.40. The van der Waals surface area contributed by atoms with E-state index in [4.69, 9.17) is 12.2 Å². The first-order valence-corrected chi connectivity index (χ1v) is 10.7. The lowest BCUT2D eigenvalue weighted by Gasteiger charge is -2.30. The number of rotatable bonds is 5. The third kappa shape index (κ3) is 3.04. The zero-order valence-corrected chi connectivity index (χ0v) is 16.7. The summed E-state index contributed by atoms with van der Waals surface area (Å²) in [7, 11) is 0. The molecule has 0 bridgehead atoms. The second-order valence-electron chi connectivity index (χ2n) is 6.49. The van der Waals surface area contributed by atoms with Crippen molar-refractivity contribution >= 4 is 40.8 Å². The minimum Gasteiger partial charge on any atom is -0.342 e. The Labute approximate surface area is 164 Å². The van der Waals surface area contributed by atoms with Gasteiger partial charge in [0.1, 0.15) is 11.0 Å². The van der Waals surface area contributed by atoms with E-state index in [0.29, 0.717) is 10.6 Å². The van der Waals surface area contributed by atoms with E-state index < -0.39 is 6.04 Å². The molecule has 1 aliphatic carbocycles. The Balaban J connectivity index is 1.63. The second-order valence-corrected chi connectivity index (χ2v) is 8.72. The van der Waals surface area contributed by atoms with Gasteiger partial charge in [-0.2, -0.15) is 5.10 Å². The number of carbonyl (C=O) groups is 1. The first-order valence-electron chi connectivity index (χ1n) is 8.53. The van der Waals surface area contributed by atoms with Gasteiger partial charge in [0.25, 0.3) is 0 Å². The van der Waals surface area contributed by atoms with Crippen LogP contribution in [0.2, 0.25) is 0 Å². The summed E-state index contributed by atoms with van der Waals surface area (Å²) in [6, 6.07) is 3.48. The van der Waals surface area contributed by atoms with Crippen LogP contribution in [0.5, 0.6) is 0 Å². The second kappa shape index (κ2) is 7.05. The molecule has 3 aromatic rings. The molecule has 3 heterocycles. The van der Waals surface area contributed by atoms with Gasteiger partial charge in [0, 0.05) is 11.6 Å². The molecule has 0 radical (unpaired) electrons. The van der Waals surface area contributed by atoms with Gasteiger partial charge >= 0.3 is 0 Å². The number of hydrogen-bond acceptors (Lipinski definition) is 6. The molecule has 0 aromatic carbocycles. The van der Waals surface area contributed by atoms with Crippen LogP contribution in [-0.2, 0) is 10.3 Å². The molecule has 1 amide bonds. The van der Waals surface area contributed by atoms with E-state index >= 15 is 0 Å². The summed E-state index contributed by atoms with van der Waals surface area (Å²) in [5, 5.41) is 15.4. The van der Waals surface area contributed by atoms with Crippen LogP contribution in [0.4, 0.5) is 0 Å². The van der Waals surface area contributed by atoms with Crippen molar-refractivity contribution in [3.05, 3.63) is 38.9 Å². The fraction of sp³-hybridized carbons (Fsp3) is 0.412. The van der Waals surface area contributed by atoms with Crippen molar-refractivity contribution in [1.82, 2.24) is 25.1 Å². The molecule has 136 valence electrons. The predicted molar refractivity (Wildman–Crippen MR) is 106 cm³/mol. The Morgan fingerprint density at radius 1 is 1.38 bits per heavy atom. The molecule has 2 N–H and O–H groups in total. The van der Waals surface area contributed by atoms with Gasteiger partial charge in [-0.3, -0.25) is 14.5 Å². The number of carbonyl (C=O) groups excluding carboxylic acids is 1. The van der Waals surface area contributed by atoms with Crippen molar-refractivity contribution < 1.29 is 4.79 Å². The Hall–Kier alpha value is -1.84. The van der Waals surface area contributed by atoms with E-state index in [2.05, 4.69) is 20.5 Å². The van der Waals surface area contributed by atoms with Gasteiger partial charge in [-0.25, -0.2) is 4.98 Å². The third-order valence-corrected chi connectivity index (χ3v) is 7.01. The van der Waals surface area contributed by atoms with Gasteiger partial charge in [-0.1, -0.05) is 18.9 Å². The summed E-state index contributed by atoms with van der Waals surface area (Å²) in [6.45, 7) is 1.86. The van der Waals surface area contributed by atoms with E-state index in [-0.39, 0.29) is 11.4 Å². The van der Waals surface area contributed by atoms with E-state index in [1.807, 2.05) is 29.8 Å². The van der Waals surface area contributed by atoms with Crippen molar-refractivity contribution in [2.75, 3.05) is 0 Å². The van der Waals surface area contributed by atoms with E-state index in [9.17, 15) is 4.79 Å². The van der Waals surface area contributed by atoms with Gasteiger partial charge in [0.15, 0.2) is 10.6 Å². The minimum atomic E-state index is -0.462. The molecule has 3 aromatic heterocycles. The molecule has 1 atom stereocenters. The molecule has 1 fully saturated rings. The number of aromatic nitrogens is 4. The van der Waals surface area contributed by atoms with Crippen molar-refractivity contribution in [1.29, 1.82) is 0 Å². The molecule has 9 heteroatoms. The summed E-state index contributed by atoms with van der Waals surface area (Å²) in [5.41, 5.74) is -0.353.